The fraction of sp³-hybridized carbons (Fsp3) is 0.250. The average Bonchev–Trinajstić information content (AvgIpc) is 2.67. The van der Waals surface area contributed by atoms with Gasteiger partial charge in [-0.2, -0.15) is 5.26 Å². The number of halogens is 1. The van der Waals surface area contributed by atoms with Crippen molar-refractivity contribution in [1.29, 1.82) is 5.26 Å². The van der Waals surface area contributed by atoms with Crippen molar-refractivity contribution in [2.75, 3.05) is 13.1 Å². The summed E-state index contributed by atoms with van der Waals surface area (Å²) in [5, 5.41) is 9.17. The molecule has 25 heavy (non-hydrogen) atoms. The number of Topliss-reactive ketones (excluding diaryl/α,β-unsaturated/α-hetero) is 1. The van der Waals surface area contributed by atoms with Crippen molar-refractivity contribution in [3.8, 4) is 6.07 Å². The zero-order chi connectivity index (χ0) is 17.8. The fourth-order valence-electron chi connectivity index (χ4n) is 3.19. The fourth-order valence-corrected chi connectivity index (χ4v) is 3.19. The van der Waals surface area contributed by atoms with Crippen LogP contribution in [-0.2, 0) is 0 Å². The summed E-state index contributed by atoms with van der Waals surface area (Å²) in [6.45, 7) is 0.833. The molecule has 126 valence electrons. The second-order valence-electron chi connectivity index (χ2n) is 6.12. The first kappa shape index (κ1) is 16.8. The van der Waals surface area contributed by atoms with Gasteiger partial charge in [-0.25, -0.2) is 4.39 Å². The third-order valence-corrected chi connectivity index (χ3v) is 4.47. The summed E-state index contributed by atoms with van der Waals surface area (Å²) in [4.78, 5) is 27.0. The van der Waals surface area contributed by atoms with Crippen LogP contribution < -0.4 is 0 Å². The van der Waals surface area contributed by atoms with E-state index < -0.39 is 5.82 Å². The van der Waals surface area contributed by atoms with Crippen LogP contribution in [0.4, 0.5) is 4.39 Å². The molecule has 1 fully saturated rings. The molecule has 0 bridgehead atoms. The lowest BCUT2D eigenvalue weighted by atomic mass is 9.89. The van der Waals surface area contributed by atoms with Crippen LogP contribution in [0.25, 0.3) is 0 Å². The molecule has 0 spiro atoms. The van der Waals surface area contributed by atoms with E-state index in [0.29, 0.717) is 36.1 Å². The SMILES string of the molecule is N#Cc1ccccc1C(=O)N1CCCC(C(=O)c2cccc(F)c2)C1. The number of likely N-dealkylation sites (tertiary alicyclic amines) is 1. The van der Waals surface area contributed by atoms with Gasteiger partial charge < -0.3 is 4.90 Å². The third kappa shape index (κ3) is 3.58. The standard InChI is InChI=1S/C20H17FN2O2/c21-17-8-3-6-14(11-17)19(24)16-7-4-10-23(13-16)20(25)18-9-2-1-5-15(18)12-22/h1-3,5-6,8-9,11,16H,4,7,10,13H2. The van der Waals surface area contributed by atoms with E-state index in [1.165, 1.54) is 18.2 Å². The minimum atomic E-state index is -0.447. The molecule has 1 unspecified atom stereocenters. The van der Waals surface area contributed by atoms with Crippen molar-refractivity contribution in [2.24, 2.45) is 5.92 Å². The van der Waals surface area contributed by atoms with Crippen LogP contribution in [0.2, 0.25) is 0 Å². The summed E-state index contributed by atoms with van der Waals surface area (Å²) in [6, 6.07) is 14.3. The van der Waals surface area contributed by atoms with Crippen LogP contribution in [-0.4, -0.2) is 29.7 Å². The molecule has 1 amide bonds. The Hall–Kier alpha value is -3.00. The first-order valence-electron chi connectivity index (χ1n) is 8.18. The maximum absolute atomic E-state index is 13.4. The largest absolute Gasteiger partial charge is 0.338 e. The number of carbonyl (C=O) groups is 2. The van der Waals surface area contributed by atoms with Gasteiger partial charge in [-0.15, -0.1) is 0 Å². The number of carbonyl (C=O) groups excluding carboxylic acids is 2. The van der Waals surface area contributed by atoms with Crippen molar-refractivity contribution in [3.63, 3.8) is 0 Å². The molecule has 0 radical (unpaired) electrons. The molecule has 0 saturated carbocycles. The summed E-state index contributed by atoms with van der Waals surface area (Å²) in [5.41, 5.74) is 1.01. The average molecular weight is 336 g/mol. The van der Waals surface area contributed by atoms with Crippen LogP contribution in [0, 0.1) is 23.1 Å². The highest BCUT2D eigenvalue weighted by atomic mass is 19.1. The number of nitrogens with zero attached hydrogens (tertiary/aromatic N) is 2. The van der Waals surface area contributed by atoms with Crippen molar-refractivity contribution in [3.05, 3.63) is 71.0 Å². The molecular formula is C20H17FN2O2. The Bertz CT molecular complexity index is 857. The number of nitriles is 1. The van der Waals surface area contributed by atoms with Crippen molar-refractivity contribution >= 4 is 11.7 Å². The Balaban J connectivity index is 1.78. The number of amides is 1. The lowest BCUT2D eigenvalue weighted by Crippen LogP contribution is -2.42. The Morgan fingerprint density at radius 3 is 2.72 bits per heavy atom. The highest BCUT2D eigenvalue weighted by Crippen LogP contribution is 2.23. The van der Waals surface area contributed by atoms with Gasteiger partial charge in [0.25, 0.3) is 5.91 Å². The molecule has 1 aliphatic heterocycles. The molecule has 5 heteroatoms. The second kappa shape index (κ2) is 7.27. The van der Waals surface area contributed by atoms with Crippen LogP contribution in [0.3, 0.4) is 0 Å². The van der Waals surface area contributed by atoms with Crippen LogP contribution in [0.15, 0.2) is 48.5 Å². The molecule has 0 aromatic heterocycles. The number of ketones is 1. The van der Waals surface area contributed by atoms with Crippen LogP contribution in [0.1, 0.15) is 39.1 Å². The Morgan fingerprint density at radius 2 is 1.96 bits per heavy atom. The Morgan fingerprint density at radius 1 is 1.16 bits per heavy atom. The molecular weight excluding hydrogens is 319 g/mol. The zero-order valence-electron chi connectivity index (χ0n) is 13.6. The molecule has 2 aromatic carbocycles. The van der Waals surface area contributed by atoms with Gasteiger partial charge in [0.05, 0.1) is 17.2 Å². The molecule has 0 N–H and O–H groups in total. The van der Waals surface area contributed by atoms with E-state index >= 15 is 0 Å². The molecule has 1 aliphatic rings. The second-order valence-corrected chi connectivity index (χ2v) is 6.12. The highest BCUT2D eigenvalue weighted by molar-refractivity contribution is 6.00. The number of hydrogen-bond donors (Lipinski definition) is 0. The van der Waals surface area contributed by atoms with Gasteiger partial charge >= 0.3 is 0 Å². The first-order chi connectivity index (χ1) is 12.1. The van der Waals surface area contributed by atoms with Crippen LogP contribution in [0.5, 0.6) is 0 Å². The molecule has 3 rings (SSSR count). The monoisotopic (exact) mass is 336 g/mol. The summed E-state index contributed by atoms with van der Waals surface area (Å²) < 4.78 is 13.4. The summed E-state index contributed by atoms with van der Waals surface area (Å²) >= 11 is 0. The van der Waals surface area contributed by atoms with E-state index in [1.54, 1.807) is 35.2 Å². The van der Waals surface area contributed by atoms with Gasteiger partial charge in [0.15, 0.2) is 5.78 Å². The number of piperidine rings is 1. The molecule has 4 nitrogen and oxygen atoms in total. The summed E-state index contributed by atoms with van der Waals surface area (Å²) in [5.74, 6) is -1.19. The Kier molecular flexibility index (Phi) is 4.90. The normalized spacial score (nSPS) is 17.0. The lowest BCUT2D eigenvalue weighted by molar-refractivity contribution is 0.0636. The molecule has 2 aromatic rings. The molecule has 0 aliphatic carbocycles. The predicted octanol–water partition coefficient (Wildman–Crippen LogP) is 3.43. The van der Waals surface area contributed by atoms with Gasteiger partial charge in [-0.05, 0) is 37.1 Å². The first-order valence-corrected chi connectivity index (χ1v) is 8.18. The summed E-state index contributed by atoms with van der Waals surface area (Å²) in [6.07, 6.45) is 1.37. The molecule has 1 atom stereocenters. The number of hydrogen-bond acceptors (Lipinski definition) is 3. The van der Waals surface area contributed by atoms with Gasteiger partial charge in [-0.1, -0.05) is 24.3 Å². The number of rotatable bonds is 3. The smallest absolute Gasteiger partial charge is 0.255 e. The Labute approximate surface area is 145 Å². The highest BCUT2D eigenvalue weighted by Gasteiger charge is 2.30. The minimum absolute atomic E-state index is 0.148. The zero-order valence-corrected chi connectivity index (χ0v) is 13.6. The maximum atomic E-state index is 13.4. The molecule has 1 saturated heterocycles. The van der Waals surface area contributed by atoms with Crippen molar-refractivity contribution in [1.82, 2.24) is 4.90 Å². The van der Waals surface area contributed by atoms with Crippen molar-refractivity contribution < 1.29 is 14.0 Å². The van der Waals surface area contributed by atoms with Crippen LogP contribution >= 0.6 is 0 Å². The maximum Gasteiger partial charge on any atom is 0.255 e. The quantitative estimate of drug-likeness (QED) is 0.807. The lowest BCUT2D eigenvalue weighted by Gasteiger charge is -2.32. The van der Waals surface area contributed by atoms with Gasteiger partial charge in [0.1, 0.15) is 5.82 Å². The summed E-state index contributed by atoms with van der Waals surface area (Å²) in [7, 11) is 0. The van der Waals surface area contributed by atoms with Gasteiger partial charge in [-0.3, -0.25) is 9.59 Å². The third-order valence-electron chi connectivity index (χ3n) is 4.47. The van der Waals surface area contributed by atoms with E-state index in [-0.39, 0.29) is 24.2 Å². The van der Waals surface area contributed by atoms with E-state index in [0.717, 1.165) is 0 Å². The minimum Gasteiger partial charge on any atom is -0.338 e. The van der Waals surface area contributed by atoms with Gasteiger partial charge in [0.2, 0.25) is 0 Å². The van der Waals surface area contributed by atoms with E-state index in [1.807, 2.05) is 6.07 Å². The topological polar surface area (TPSA) is 61.2 Å². The number of benzene rings is 2. The van der Waals surface area contributed by atoms with Crippen molar-refractivity contribution in [2.45, 2.75) is 12.8 Å². The van der Waals surface area contributed by atoms with E-state index in [9.17, 15) is 19.2 Å². The van der Waals surface area contributed by atoms with Gasteiger partial charge in [0, 0.05) is 24.6 Å². The predicted molar refractivity (Wildman–Crippen MR) is 90.5 cm³/mol. The molecule has 1 heterocycles. The van der Waals surface area contributed by atoms with E-state index in [4.69, 9.17) is 0 Å². The van der Waals surface area contributed by atoms with E-state index in [2.05, 4.69) is 0 Å².